The first-order chi connectivity index (χ1) is 13.9. The minimum atomic E-state index is -3.56. The van der Waals surface area contributed by atoms with E-state index in [1.54, 1.807) is 43.3 Å². The molecule has 29 heavy (non-hydrogen) atoms. The maximum Gasteiger partial charge on any atom is 0.243 e. The first kappa shape index (κ1) is 21.3. The molecule has 2 aromatic rings. The van der Waals surface area contributed by atoms with Crippen LogP contribution in [0.4, 0.5) is 0 Å². The maximum absolute atomic E-state index is 12.7. The van der Waals surface area contributed by atoms with Gasteiger partial charge in [0.05, 0.1) is 24.7 Å². The van der Waals surface area contributed by atoms with E-state index in [1.807, 2.05) is 6.92 Å². The number of carbonyl (C=O) groups excluding carboxylic acids is 1. The Morgan fingerprint density at radius 2 is 1.62 bits per heavy atom. The van der Waals surface area contributed by atoms with Gasteiger partial charge in [-0.05, 0) is 62.4 Å². The second-order valence-electron chi connectivity index (χ2n) is 6.57. The van der Waals surface area contributed by atoms with Gasteiger partial charge in [-0.15, -0.1) is 0 Å². The second kappa shape index (κ2) is 9.39. The molecule has 0 amide bonds. The fraction of sp³-hybridized carbons (Fsp3) is 0.381. The van der Waals surface area contributed by atoms with Crippen LogP contribution >= 0.6 is 0 Å². The summed E-state index contributed by atoms with van der Waals surface area (Å²) < 4.78 is 43.0. The minimum Gasteiger partial charge on any atom is -0.494 e. The monoisotopic (exact) mass is 419 g/mol. The van der Waals surface area contributed by atoms with Gasteiger partial charge in [0.2, 0.25) is 15.8 Å². The highest BCUT2D eigenvalue weighted by Crippen LogP contribution is 2.22. The number of ketones is 1. The molecule has 8 heteroatoms. The van der Waals surface area contributed by atoms with Crippen molar-refractivity contribution in [3.8, 4) is 11.5 Å². The number of morpholine rings is 1. The normalized spacial score (nSPS) is 16.2. The number of hydrogen-bond donors (Lipinski definition) is 0. The average molecular weight is 419 g/mol. The Kier molecular flexibility index (Phi) is 6.89. The van der Waals surface area contributed by atoms with E-state index in [4.69, 9.17) is 14.2 Å². The third-order valence-electron chi connectivity index (χ3n) is 4.56. The van der Waals surface area contributed by atoms with Gasteiger partial charge in [-0.3, -0.25) is 4.79 Å². The minimum absolute atomic E-state index is 0.168. The second-order valence-corrected chi connectivity index (χ2v) is 8.51. The summed E-state index contributed by atoms with van der Waals surface area (Å²) in [5.41, 5.74) is 0.521. The van der Waals surface area contributed by atoms with Crippen LogP contribution in [0.5, 0.6) is 11.5 Å². The number of Topliss-reactive ketones (excluding diaryl/α,β-unsaturated/α-hetero) is 1. The van der Waals surface area contributed by atoms with Gasteiger partial charge < -0.3 is 14.2 Å². The van der Waals surface area contributed by atoms with Crippen molar-refractivity contribution in [1.29, 1.82) is 0 Å². The molecule has 7 nitrogen and oxygen atoms in total. The summed E-state index contributed by atoms with van der Waals surface area (Å²) in [5.74, 6) is 0.963. The van der Waals surface area contributed by atoms with Gasteiger partial charge in [0, 0.05) is 18.7 Å². The van der Waals surface area contributed by atoms with Crippen LogP contribution in [0, 0.1) is 0 Å². The van der Waals surface area contributed by atoms with Crippen molar-refractivity contribution in [2.45, 2.75) is 24.8 Å². The summed E-state index contributed by atoms with van der Waals surface area (Å²) in [6.07, 6.45) is -0.713. The molecule has 0 radical (unpaired) electrons. The standard InChI is InChI=1S/C21H25NO6S/c1-3-27-18-6-4-17(5-7-18)21(23)16(2)28-19-8-10-20(11-9-19)29(24,25)22-12-14-26-15-13-22/h4-11,16H,3,12-15H2,1-2H3/t16-/m1/s1. The van der Waals surface area contributed by atoms with Gasteiger partial charge >= 0.3 is 0 Å². The molecule has 1 aliphatic heterocycles. The Bertz CT molecular complexity index is 919. The molecule has 3 rings (SSSR count). The first-order valence-electron chi connectivity index (χ1n) is 9.53. The van der Waals surface area contributed by atoms with Crippen LogP contribution in [-0.4, -0.2) is 57.5 Å². The molecule has 0 saturated carbocycles. The van der Waals surface area contributed by atoms with Crippen LogP contribution in [0.2, 0.25) is 0 Å². The molecule has 0 aromatic heterocycles. The van der Waals surface area contributed by atoms with Crippen LogP contribution in [0.1, 0.15) is 24.2 Å². The van der Waals surface area contributed by atoms with Crippen molar-refractivity contribution < 1.29 is 27.4 Å². The molecular weight excluding hydrogens is 394 g/mol. The summed E-state index contributed by atoms with van der Waals surface area (Å²) >= 11 is 0. The number of carbonyl (C=O) groups is 1. The first-order valence-corrected chi connectivity index (χ1v) is 11.0. The lowest BCUT2D eigenvalue weighted by Crippen LogP contribution is -2.40. The van der Waals surface area contributed by atoms with Crippen LogP contribution in [-0.2, 0) is 14.8 Å². The summed E-state index contributed by atoms with van der Waals surface area (Å²) in [5, 5.41) is 0. The van der Waals surface area contributed by atoms with Crippen molar-refractivity contribution >= 4 is 15.8 Å². The SMILES string of the molecule is CCOc1ccc(C(=O)[C@@H](C)Oc2ccc(S(=O)(=O)N3CCOCC3)cc2)cc1. The fourth-order valence-corrected chi connectivity index (χ4v) is 4.41. The smallest absolute Gasteiger partial charge is 0.243 e. The topological polar surface area (TPSA) is 82.1 Å². The Balaban J connectivity index is 1.64. The molecule has 0 spiro atoms. The number of rotatable bonds is 8. The molecule has 1 saturated heterocycles. The lowest BCUT2D eigenvalue weighted by molar-refractivity contribution is 0.0730. The van der Waals surface area contributed by atoms with E-state index in [0.29, 0.717) is 50.0 Å². The van der Waals surface area contributed by atoms with Crippen molar-refractivity contribution in [1.82, 2.24) is 4.31 Å². The van der Waals surface area contributed by atoms with Gasteiger partial charge in [0.1, 0.15) is 11.5 Å². The van der Waals surface area contributed by atoms with Gasteiger partial charge in [-0.25, -0.2) is 8.42 Å². The van der Waals surface area contributed by atoms with Gasteiger partial charge in [-0.2, -0.15) is 4.31 Å². The Hall–Kier alpha value is -2.42. The quantitative estimate of drug-likeness (QED) is 0.612. The van der Waals surface area contributed by atoms with Crippen molar-refractivity contribution in [2.24, 2.45) is 0 Å². The van der Waals surface area contributed by atoms with Crippen LogP contribution in [0.25, 0.3) is 0 Å². The number of sulfonamides is 1. The maximum atomic E-state index is 12.7. The third kappa shape index (κ3) is 5.14. The van der Waals surface area contributed by atoms with Crippen LogP contribution < -0.4 is 9.47 Å². The van der Waals surface area contributed by atoms with E-state index in [-0.39, 0.29) is 10.7 Å². The van der Waals surface area contributed by atoms with E-state index < -0.39 is 16.1 Å². The zero-order chi connectivity index (χ0) is 20.9. The highest BCUT2D eigenvalue weighted by atomic mass is 32.2. The highest BCUT2D eigenvalue weighted by molar-refractivity contribution is 7.89. The average Bonchev–Trinajstić information content (AvgIpc) is 2.75. The molecule has 1 atom stereocenters. The van der Waals surface area contributed by atoms with Crippen LogP contribution in [0.3, 0.4) is 0 Å². The summed E-state index contributed by atoms with van der Waals surface area (Å²) in [6.45, 7) is 5.59. The lowest BCUT2D eigenvalue weighted by atomic mass is 10.1. The van der Waals surface area contributed by atoms with E-state index in [0.717, 1.165) is 0 Å². The number of hydrogen-bond acceptors (Lipinski definition) is 6. The summed E-state index contributed by atoms with van der Waals surface area (Å²) in [7, 11) is -3.56. The number of nitrogens with zero attached hydrogens (tertiary/aromatic N) is 1. The Labute approximate surface area is 171 Å². The Morgan fingerprint density at radius 3 is 2.21 bits per heavy atom. The molecule has 156 valence electrons. The predicted octanol–water partition coefficient (Wildman–Crippen LogP) is 2.76. The molecule has 0 unspecified atom stereocenters. The predicted molar refractivity (Wildman–Crippen MR) is 108 cm³/mol. The molecular formula is C21H25NO6S. The number of ether oxygens (including phenoxy) is 3. The molecule has 1 aliphatic rings. The molecule has 1 heterocycles. The zero-order valence-electron chi connectivity index (χ0n) is 16.5. The molecule has 2 aromatic carbocycles. The molecule has 0 aliphatic carbocycles. The van der Waals surface area contributed by atoms with E-state index in [9.17, 15) is 13.2 Å². The van der Waals surface area contributed by atoms with Crippen molar-refractivity contribution in [3.05, 3.63) is 54.1 Å². The van der Waals surface area contributed by atoms with Gasteiger partial charge in [0.25, 0.3) is 0 Å². The number of benzene rings is 2. The summed E-state index contributed by atoms with van der Waals surface area (Å²) in [4.78, 5) is 12.8. The van der Waals surface area contributed by atoms with Crippen molar-refractivity contribution in [3.63, 3.8) is 0 Å². The molecule has 1 fully saturated rings. The molecule has 0 bridgehead atoms. The van der Waals surface area contributed by atoms with E-state index in [1.165, 1.54) is 16.4 Å². The summed E-state index contributed by atoms with van der Waals surface area (Å²) in [6, 6.07) is 13.0. The molecule has 0 N–H and O–H groups in total. The van der Waals surface area contributed by atoms with E-state index in [2.05, 4.69) is 0 Å². The fourth-order valence-electron chi connectivity index (χ4n) is 3.00. The van der Waals surface area contributed by atoms with E-state index >= 15 is 0 Å². The third-order valence-corrected chi connectivity index (χ3v) is 6.48. The van der Waals surface area contributed by atoms with Gasteiger partial charge in [-0.1, -0.05) is 0 Å². The van der Waals surface area contributed by atoms with Gasteiger partial charge in [0.15, 0.2) is 6.10 Å². The zero-order valence-corrected chi connectivity index (χ0v) is 17.4. The lowest BCUT2D eigenvalue weighted by Gasteiger charge is -2.26. The van der Waals surface area contributed by atoms with Crippen molar-refractivity contribution in [2.75, 3.05) is 32.9 Å². The largest absolute Gasteiger partial charge is 0.494 e. The highest BCUT2D eigenvalue weighted by Gasteiger charge is 2.26. The van der Waals surface area contributed by atoms with Crippen LogP contribution in [0.15, 0.2) is 53.4 Å². The Morgan fingerprint density at radius 1 is 1.03 bits per heavy atom.